The second-order valence-corrected chi connectivity index (χ2v) is 12.1. The number of hydrogen-bond acceptors (Lipinski definition) is 1. The smallest absolute Gasteiger partial charge is 0.100 e. The van der Waals surface area contributed by atoms with Gasteiger partial charge < -0.3 is 4.57 Å². The minimum Gasteiger partial charge on any atom is -0.323 e. The predicted molar refractivity (Wildman–Crippen MR) is 149 cm³/mol. The summed E-state index contributed by atoms with van der Waals surface area (Å²) in [5.41, 5.74) is 8.11. The van der Waals surface area contributed by atoms with Crippen molar-refractivity contribution in [3.63, 3.8) is 0 Å². The zero-order valence-electron chi connectivity index (χ0n) is 19.8. The number of rotatable bonds is 8. The van der Waals surface area contributed by atoms with Gasteiger partial charge >= 0.3 is 0 Å². The maximum absolute atomic E-state index is 14.8. The molecule has 0 radical (unpaired) electrons. The molecule has 0 atom stereocenters. The fraction of sp³-hybridized carbons (Fsp3) is 0.0909. The summed E-state index contributed by atoms with van der Waals surface area (Å²) >= 11 is 0. The molecule has 35 heavy (non-hydrogen) atoms. The maximum Gasteiger partial charge on any atom is 0.100 e. The topological polar surface area (TPSA) is 17.1 Å². The van der Waals surface area contributed by atoms with E-state index in [-0.39, 0.29) is 0 Å². The molecule has 0 spiro atoms. The van der Waals surface area contributed by atoms with E-state index < -0.39 is 7.14 Å². The van der Waals surface area contributed by atoms with Gasteiger partial charge in [-0.3, -0.25) is 0 Å². The Morgan fingerprint density at radius 2 is 0.886 bits per heavy atom. The summed E-state index contributed by atoms with van der Waals surface area (Å²) in [7, 11) is -2.64. The second kappa shape index (κ2) is 10.7. The molecule has 5 rings (SSSR count). The van der Waals surface area contributed by atoms with E-state index in [1.54, 1.807) is 0 Å². The molecule has 0 fully saturated rings. The maximum atomic E-state index is 14.8. The van der Waals surface area contributed by atoms with E-state index in [9.17, 15) is 4.57 Å². The summed E-state index contributed by atoms with van der Waals surface area (Å²) in [6.45, 7) is 0. The molecule has 5 aromatic carbocycles. The largest absolute Gasteiger partial charge is 0.323 e. The van der Waals surface area contributed by atoms with Gasteiger partial charge in [-0.25, -0.2) is 0 Å². The molecule has 0 saturated heterocycles. The lowest BCUT2D eigenvalue weighted by Crippen LogP contribution is -2.00. The summed E-state index contributed by atoms with van der Waals surface area (Å²) < 4.78 is 14.8. The standard InChI is InChI=1S/C33H29OP/c34-35(24-27-14-5-1-6-15-27,25-28-16-7-2-8-17-28)26-31-22-13-23-32(29-18-9-3-10-19-29)33(31)30-20-11-4-12-21-30/h1-23H,24-26H2. The van der Waals surface area contributed by atoms with Crippen LogP contribution in [0, 0.1) is 0 Å². The van der Waals surface area contributed by atoms with Gasteiger partial charge in [0, 0.05) is 18.5 Å². The molecule has 0 aliphatic rings. The van der Waals surface area contributed by atoms with E-state index >= 15 is 0 Å². The molecule has 5 aromatic rings. The first-order chi connectivity index (χ1) is 17.2. The fourth-order valence-electron chi connectivity index (χ4n) is 4.85. The first-order valence-electron chi connectivity index (χ1n) is 12.1. The molecule has 0 aliphatic carbocycles. The lowest BCUT2D eigenvalue weighted by Gasteiger charge is -2.22. The van der Waals surface area contributed by atoms with E-state index in [0.29, 0.717) is 18.5 Å². The van der Waals surface area contributed by atoms with Crippen molar-refractivity contribution in [3.8, 4) is 22.3 Å². The quantitative estimate of drug-likeness (QED) is 0.206. The molecule has 0 aliphatic heterocycles. The molecular formula is C33H29OP. The molecule has 0 amide bonds. The molecule has 0 bridgehead atoms. The molecule has 172 valence electrons. The van der Waals surface area contributed by atoms with Crippen molar-refractivity contribution < 1.29 is 4.57 Å². The van der Waals surface area contributed by atoms with Crippen molar-refractivity contribution in [1.82, 2.24) is 0 Å². The highest BCUT2D eigenvalue weighted by atomic mass is 31.2. The Labute approximate surface area is 208 Å². The van der Waals surface area contributed by atoms with Crippen LogP contribution >= 0.6 is 7.14 Å². The highest BCUT2D eigenvalue weighted by molar-refractivity contribution is 7.61. The summed E-state index contributed by atoms with van der Waals surface area (Å²) in [6, 6.07) is 48.0. The summed E-state index contributed by atoms with van der Waals surface area (Å²) in [4.78, 5) is 0. The van der Waals surface area contributed by atoms with E-state index in [2.05, 4.69) is 91.0 Å². The van der Waals surface area contributed by atoms with Crippen molar-refractivity contribution in [1.29, 1.82) is 0 Å². The van der Waals surface area contributed by atoms with Gasteiger partial charge in [0.1, 0.15) is 7.14 Å². The molecule has 0 aromatic heterocycles. The Hall–Kier alpha value is -3.67. The van der Waals surface area contributed by atoms with Gasteiger partial charge in [-0.15, -0.1) is 0 Å². The van der Waals surface area contributed by atoms with Gasteiger partial charge in [0.05, 0.1) is 0 Å². The third-order valence-corrected chi connectivity index (χ3v) is 9.18. The average molecular weight is 473 g/mol. The minimum absolute atomic E-state index is 0.557. The lowest BCUT2D eigenvalue weighted by molar-refractivity contribution is 0.572. The number of benzene rings is 5. The van der Waals surface area contributed by atoms with Gasteiger partial charge in [0.2, 0.25) is 0 Å². The zero-order valence-corrected chi connectivity index (χ0v) is 20.7. The Bertz CT molecular complexity index is 1370. The SMILES string of the molecule is O=P(Cc1ccccc1)(Cc1ccccc1)Cc1cccc(-c2ccccc2)c1-c1ccccc1. The van der Waals surface area contributed by atoms with Crippen LogP contribution in [0.3, 0.4) is 0 Å². The highest BCUT2D eigenvalue weighted by Gasteiger charge is 2.26. The van der Waals surface area contributed by atoms with Crippen LogP contribution in [0.1, 0.15) is 16.7 Å². The van der Waals surface area contributed by atoms with Crippen LogP contribution in [-0.2, 0) is 23.1 Å². The monoisotopic (exact) mass is 472 g/mol. The van der Waals surface area contributed by atoms with Crippen molar-refractivity contribution >= 4 is 7.14 Å². The Kier molecular flexibility index (Phi) is 7.07. The van der Waals surface area contributed by atoms with Crippen LogP contribution in [0.15, 0.2) is 140 Å². The van der Waals surface area contributed by atoms with Gasteiger partial charge in [-0.1, -0.05) is 140 Å². The second-order valence-electron chi connectivity index (χ2n) is 9.08. The Balaban J connectivity index is 1.62. The van der Waals surface area contributed by atoms with Crippen molar-refractivity contribution in [2.45, 2.75) is 18.5 Å². The van der Waals surface area contributed by atoms with Crippen LogP contribution < -0.4 is 0 Å². The third kappa shape index (κ3) is 5.70. The van der Waals surface area contributed by atoms with Gasteiger partial charge in [-0.05, 0) is 38.9 Å². The van der Waals surface area contributed by atoms with Crippen molar-refractivity contribution in [2.24, 2.45) is 0 Å². The first kappa shape index (κ1) is 23.1. The summed E-state index contributed by atoms with van der Waals surface area (Å²) in [6.07, 6.45) is 1.74. The predicted octanol–water partition coefficient (Wildman–Crippen LogP) is 9.28. The fourth-order valence-corrected chi connectivity index (χ4v) is 7.82. The molecular weight excluding hydrogens is 443 g/mol. The van der Waals surface area contributed by atoms with Crippen molar-refractivity contribution in [3.05, 3.63) is 156 Å². The van der Waals surface area contributed by atoms with Gasteiger partial charge in [0.25, 0.3) is 0 Å². The molecule has 0 unspecified atom stereocenters. The van der Waals surface area contributed by atoms with E-state index in [1.165, 1.54) is 16.7 Å². The lowest BCUT2D eigenvalue weighted by atomic mass is 9.91. The third-order valence-electron chi connectivity index (χ3n) is 6.38. The molecule has 0 saturated carbocycles. The zero-order chi connectivity index (χ0) is 23.9. The van der Waals surface area contributed by atoms with E-state index in [1.807, 2.05) is 48.5 Å². The summed E-state index contributed by atoms with van der Waals surface area (Å²) in [5, 5.41) is 0. The number of hydrogen-bond donors (Lipinski definition) is 0. The van der Waals surface area contributed by atoms with Crippen LogP contribution in [0.25, 0.3) is 22.3 Å². The van der Waals surface area contributed by atoms with E-state index in [4.69, 9.17) is 0 Å². The normalized spacial score (nSPS) is 11.3. The Morgan fingerprint density at radius 3 is 1.40 bits per heavy atom. The highest BCUT2D eigenvalue weighted by Crippen LogP contribution is 2.56. The van der Waals surface area contributed by atoms with Gasteiger partial charge in [0.15, 0.2) is 0 Å². The van der Waals surface area contributed by atoms with Crippen LogP contribution in [0.5, 0.6) is 0 Å². The van der Waals surface area contributed by atoms with Crippen LogP contribution in [0.4, 0.5) is 0 Å². The summed E-state index contributed by atoms with van der Waals surface area (Å²) in [5.74, 6) is 0. The van der Waals surface area contributed by atoms with Crippen LogP contribution in [-0.4, -0.2) is 0 Å². The minimum atomic E-state index is -2.64. The first-order valence-corrected chi connectivity index (χ1v) is 14.3. The Morgan fingerprint density at radius 1 is 0.429 bits per heavy atom. The van der Waals surface area contributed by atoms with Crippen LogP contribution in [0.2, 0.25) is 0 Å². The van der Waals surface area contributed by atoms with E-state index in [0.717, 1.165) is 22.3 Å². The van der Waals surface area contributed by atoms with Crippen molar-refractivity contribution in [2.75, 3.05) is 0 Å². The van der Waals surface area contributed by atoms with Gasteiger partial charge in [-0.2, -0.15) is 0 Å². The average Bonchev–Trinajstić information content (AvgIpc) is 2.90. The molecule has 1 nitrogen and oxygen atoms in total. The molecule has 2 heteroatoms. The molecule has 0 N–H and O–H groups in total. The molecule has 0 heterocycles.